The number of hydrogen-bond donors (Lipinski definition) is 2. The molecule has 2 N–H and O–H groups in total. The van der Waals surface area contributed by atoms with Crippen molar-refractivity contribution in [3.05, 3.63) is 47.6 Å². The van der Waals surface area contributed by atoms with Crippen molar-refractivity contribution in [2.24, 2.45) is 10.3 Å². The van der Waals surface area contributed by atoms with E-state index in [1.54, 1.807) is 0 Å². The number of aromatic nitrogens is 2. The average molecular weight is 356 g/mol. The van der Waals surface area contributed by atoms with Crippen LogP contribution in [0.2, 0.25) is 0 Å². The Kier molecular flexibility index (Phi) is 4.19. The molecule has 2 aliphatic heterocycles. The Hall–Kier alpha value is -3.47. The molecule has 4 rings (SSSR count). The maximum Gasteiger partial charge on any atom is 0.351 e. The molecule has 26 heavy (non-hydrogen) atoms. The second-order valence-corrected chi connectivity index (χ2v) is 5.50. The lowest BCUT2D eigenvalue weighted by Crippen LogP contribution is -2.42. The Balaban J connectivity index is 1.51. The van der Waals surface area contributed by atoms with Crippen LogP contribution in [0.3, 0.4) is 0 Å². The largest absolute Gasteiger partial charge is 0.402 e. The fourth-order valence-corrected chi connectivity index (χ4v) is 2.53. The average Bonchev–Trinajstić information content (AvgIpc) is 3.30. The third kappa shape index (κ3) is 2.95. The number of hydrogen-bond acceptors (Lipinski definition) is 9. The summed E-state index contributed by atoms with van der Waals surface area (Å²) in [4.78, 5) is 13.7. The second-order valence-electron chi connectivity index (χ2n) is 5.50. The summed E-state index contributed by atoms with van der Waals surface area (Å²) in [5.74, 6) is 0.561. The number of carbonyl (C=O) groups is 1. The van der Waals surface area contributed by atoms with Gasteiger partial charge in [0.1, 0.15) is 12.4 Å². The first-order chi connectivity index (χ1) is 12.8. The molecule has 2 aromatic rings. The third-order valence-corrected chi connectivity index (χ3v) is 3.77. The summed E-state index contributed by atoms with van der Waals surface area (Å²) in [5.41, 5.74) is 1.55. The highest BCUT2D eigenvalue weighted by molar-refractivity contribution is 5.81. The molecule has 0 aliphatic carbocycles. The molecule has 11 heteroatoms. The highest BCUT2D eigenvalue weighted by atomic mass is 16.5. The molecule has 0 saturated carbocycles. The number of rotatable bonds is 6. The van der Waals surface area contributed by atoms with Crippen LogP contribution in [0.25, 0.3) is 5.70 Å². The van der Waals surface area contributed by atoms with E-state index in [4.69, 9.17) is 9.15 Å². The van der Waals surface area contributed by atoms with E-state index in [-0.39, 0.29) is 31.3 Å². The van der Waals surface area contributed by atoms with E-state index in [0.29, 0.717) is 18.1 Å². The van der Waals surface area contributed by atoms with Gasteiger partial charge in [-0.1, -0.05) is 40.7 Å². The maximum atomic E-state index is 12.3. The van der Waals surface area contributed by atoms with Gasteiger partial charge < -0.3 is 19.8 Å². The van der Waals surface area contributed by atoms with Crippen molar-refractivity contribution in [1.82, 2.24) is 25.4 Å². The lowest BCUT2D eigenvalue weighted by atomic mass is 10.2. The summed E-state index contributed by atoms with van der Waals surface area (Å²) in [7, 11) is 1.48. The Labute approximate surface area is 148 Å². The van der Waals surface area contributed by atoms with Gasteiger partial charge in [-0.25, -0.2) is 4.79 Å². The molecule has 2 aliphatic rings. The van der Waals surface area contributed by atoms with E-state index in [1.165, 1.54) is 12.0 Å². The smallest absolute Gasteiger partial charge is 0.351 e. The Morgan fingerprint density at radius 1 is 1.31 bits per heavy atom. The fourth-order valence-electron chi connectivity index (χ4n) is 2.53. The van der Waals surface area contributed by atoms with E-state index in [0.717, 1.165) is 10.6 Å². The quantitative estimate of drug-likeness (QED) is 0.806. The van der Waals surface area contributed by atoms with Crippen LogP contribution in [0.1, 0.15) is 11.5 Å². The number of amides is 2. The highest BCUT2D eigenvalue weighted by Crippen LogP contribution is 2.29. The number of anilines is 1. The molecule has 2 amide bonds. The van der Waals surface area contributed by atoms with Crippen molar-refractivity contribution in [2.75, 3.05) is 25.8 Å². The number of nitrogens with zero attached hydrogens (tertiary/aromatic N) is 6. The Bertz CT molecular complexity index is 863. The molecule has 0 spiro atoms. The van der Waals surface area contributed by atoms with Crippen molar-refractivity contribution in [1.29, 1.82) is 0 Å². The Morgan fingerprint density at radius 3 is 2.96 bits per heavy atom. The van der Waals surface area contributed by atoms with Crippen molar-refractivity contribution < 1.29 is 13.9 Å². The summed E-state index contributed by atoms with van der Waals surface area (Å²) >= 11 is 0. The van der Waals surface area contributed by atoms with Gasteiger partial charge in [0.2, 0.25) is 0 Å². The molecule has 0 atom stereocenters. The van der Waals surface area contributed by atoms with Crippen molar-refractivity contribution >= 4 is 17.7 Å². The van der Waals surface area contributed by atoms with Crippen LogP contribution in [0.4, 0.5) is 10.8 Å². The SMILES string of the molecule is COCN1N=NC2=C(c3nnc(NCc4ccccc4)o3)NCN2C1=O. The minimum atomic E-state index is -0.346. The van der Waals surface area contributed by atoms with Gasteiger partial charge in [-0.2, -0.15) is 5.01 Å². The van der Waals surface area contributed by atoms with Crippen LogP contribution >= 0.6 is 0 Å². The van der Waals surface area contributed by atoms with Crippen LogP contribution in [0, 0.1) is 0 Å². The summed E-state index contributed by atoms with van der Waals surface area (Å²) in [6.45, 7) is 0.811. The zero-order valence-electron chi connectivity index (χ0n) is 13.9. The number of methoxy groups -OCH3 is 1. The van der Waals surface area contributed by atoms with Crippen LogP contribution in [0.15, 0.2) is 50.9 Å². The first-order valence-electron chi connectivity index (χ1n) is 7.85. The van der Waals surface area contributed by atoms with E-state index >= 15 is 0 Å². The number of ether oxygens (including phenoxy) is 1. The van der Waals surface area contributed by atoms with Crippen LogP contribution in [-0.2, 0) is 11.3 Å². The topological polar surface area (TPSA) is 120 Å². The lowest BCUT2D eigenvalue weighted by Gasteiger charge is -2.25. The van der Waals surface area contributed by atoms with Crippen LogP contribution < -0.4 is 10.6 Å². The molecule has 1 aromatic heterocycles. The minimum Gasteiger partial charge on any atom is -0.402 e. The first-order valence-corrected chi connectivity index (χ1v) is 7.85. The molecule has 1 aromatic carbocycles. The second kappa shape index (κ2) is 6.80. The molecular weight excluding hydrogens is 340 g/mol. The van der Waals surface area contributed by atoms with E-state index in [9.17, 15) is 4.79 Å². The van der Waals surface area contributed by atoms with Gasteiger partial charge in [-0.15, -0.1) is 10.2 Å². The number of benzene rings is 1. The van der Waals surface area contributed by atoms with Crippen LogP contribution in [-0.4, -0.2) is 46.6 Å². The van der Waals surface area contributed by atoms with Crippen molar-refractivity contribution in [3.8, 4) is 0 Å². The van der Waals surface area contributed by atoms with Gasteiger partial charge in [0, 0.05) is 13.7 Å². The molecule has 0 unspecified atom stereocenters. The predicted octanol–water partition coefficient (Wildman–Crippen LogP) is 1.58. The van der Waals surface area contributed by atoms with E-state index in [2.05, 4.69) is 31.2 Å². The predicted molar refractivity (Wildman–Crippen MR) is 88.8 cm³/mol. The van der Waals surface area contributed by atoms with Crippen molar-refractivity contribution in [3.63, 3.8) is 0 Å². The van der Waals surface area contributed by atoms with Gasteiger partial charge in [-0.05, 0) is 5.56 Å². The summed E-state index contributed by atoms with van der Waals surface area (Å²) in [6.07, 6.45) is 0. The standard InChI is InChI=1S/C15H16N8O3/c1-25-9-23-15(24)22-8-17-11(12(22)18-21-23)13-19-20-14(26-13)16-7-10-5-3-2-4-6-10/h2-6,17H,7-9H2,1H3,(H,16,20). The minimum absolute atomic E-state index is 0.0234. The molecule has 0 fully saturated rings. The third-order valence-electron chi connectivity index (χ3n) is 3.77. The van der Waals surface area contributed by atoms with Crippen LogP contribution in [0.5, 0.6) is 0 Å². The van der Waals surface area contributed by atoms with Gasteiger partial charge in [0.25, 0.3) is 5.89 Å². The molecule has 0 saturated heterocycles. The first kappa shape index (κ1) is 16.0. The molecule has 0 bridgehead atoms. The normalized spacial score (nSPS) is 16.1. The monoisotopic (exact) mass is 356 g/mol. The number of urea groups is 1. The zero-order valence-corrected chi connectivity index (χ0v) is 13.9. The molecule has 0 radical (unpaired) electrons. The summed E-state index contributed by atoms with van der Waals surface area (Å²) in [5, 5.41) is 23.1. The van der Waals surface area contributed by atoms with E-state index < -0.39 is 0 Å². The van der Waals surface area contributed by atoms with Gasteiger partial charge in [0.15, 0.2) is 5.82 Å². The summed E-state index contributed by atoms with van der Waals surface area (Å²) < 4.78 is 10.5. The number of carbonyl (C=O) groups excluding carboxylic acids is 1. The summed E-state index contributed by atoms with van der Waals surface area (Å²) in [6, 6.07) is 9.78. The highest BCUT2D eigenvalue weighted by Gasteiger charge is 2.37. The number of nitrogens with one attached hydrogen (secondary N) is 2. The van der Waals surface area contributed by atoms with E-state index in [1.807, 2.05) is 30.3 Å². The van der Waals surface area contributed by atoms with Gasteiger partial charge in [0.05, 0.1) is 6.67 Å². The van der Waals surface area contributed by atoms with Gasteiger partial charge >= 0.3 is 12.0 Å². The lowest BCUT2D eigenvalue weighted by molar-refractivity contribution is 0.0599. The molecule has 3 heterocycles. The molecule has 11 nitrogen and oxygen atoms in total. The maximum absolute atomic E-state index is 12.3. The van der Waals surface area contributed by atoms with Crippen molar-refractivity contribution in [2.45, 2.75) is 6.54 Å². The van der Waals surface area contributed by atoms with Gasteiger partial charge in [-0.3, -0.25) is 4.90 Å². The Morgan fingerprint density at radius 2 is 2.15 bits per heavy atom. The molecule has 134 valence electrons. The fraction of sp³-hybridized carbons (Fsp3) is 0.267. The number of fused-ring (bicyclic) bond motifs is 1. The zero-order chi connectivity index (χ0) is 17.9. The molecular formula is C15H16N8O3.